The third-order valence-electron chi connectivity index (χ3n) is 2.20. The van der Waals surface area contributed by atoms with Gasteiger partial charge in [-0.25, -0.2) is 0 Å². The Balaban J connectivity index is 2.86. The second-order valence-electron chi connectivity index (χ2n) is 3.04. The van der Waals surface area contributed by atoms with E-state index < -0.39 is 0 Å². The summed E-state index contributed by atoms with van der Waals surface area (Å²) in [6, 6.07) is 2.03. The van der Waals surface area contributed by atoms with E-state index in [-0.39, 0.29) is 5.38 Å². The fraction of sp³-hybridized carbons (Fsp3) is 0.667. The van der Waals surface area contributed by atoms with Crippen molar-refractivity contribution in [1.82, 2.24) is 9.78 Å². The summed E-state index contributed by atoms with van der Waals surface area (Å²) < 4.78 is 1.99. The molecule has 1 aromatic rings. The maximum absolute atomic E-state index is 6.01. The van der Waals surface area contributed by atoms with Gasteiger partial charge in [0, 0.05) is 29.7 Å². The normalized spacial score (nSPS) is 16.0. The average Bonchev–Trinajstić information content (AvgIpc) is 2.49. The van der Waals surface area contributed by atoms with Gasteiger partial charge in [0.15, 0.2) is 0 Å². The summed E-state index contributed by atoms with van der Waals surface area (Å²) in [6.07, 6.45) is 1.83. The minimum atomic E-state index is 0.159. The minimum Gasteiger partial charge on any atom is -0.270 e. The van der Waals surface area contributed by atoms with Crippen LogP contribution in [-0.2, 0) is 6.54 Å². The van der Waals surface area contributed by atoms with Crippen LogP contribution in [0.25, 0.3) is 0 Å². The molecule has 0 aromatic carbocycles. The van der Waals surface area contributed by atoms with Crippen LogP contribution in [0.2, 0.25) is 0 Å². The second-order valence-corrected chi connectivity index (χ2v) is 3.73. The van der Waals surface area contributed by atoms with Crippen LogP contribution in [0.1, 0.15) is 32.4 Å². The van der Waals surface area contributed by atoms with Gasteiger partial charge in [0.25, 0.3) is 0 Å². The maximum atomic E-state index is 6.01. The van der Waals surface area contributed by atoms with Crippen LogP contribution in [-0.4, -0.2) is 15.2 Å². The van der Waals surface area contributed by atoms with Crippen LogP contribution in [0.5, 0.6) is 0 Å². The fourth-order valence-corrected chi connectivity index (χ4v) is 1.36. The van der Waals surface area contributed by atoms with E-state index in [2.05, 4.69) is 18.9 Å². The van der Waals surface area contributed by atoms with Crippen LogP contribution in [0, 0.1) is 0 Å². The van der Waals surface area contributed by atoms with Gasteiger partial charge < -0.3 is 0 Å². The van der Waals surface area contributed by atoms with Crippen LogP contribution in [0.3, 0.4) is 0 Å². The molecule has 2 atom stereocenters. The molecule has 3 heteroatoms. The third kappa shape index (κ3) is 1.81. The van der Waals surface area contributed by atoms with Gasteiger partial charge in [-0.05, 0) is 19.9 Å². The predicted octanol–water partition coefficient (Wildman–Crippen LogP) is 2.63. The molecule has 0 amide bonds. The first-order valence-corrected chi connectivity index (χ1v) is 4.76. The summed E-state index contributed by atoms with van der Waals surface area (Å²) in [5.74, 6) is 0.370. The van der Waals surface area contributed by atoms with E-state index in [1.165, 1.54) is 5.69 Å². The summed E-state index contributed by atoms with van der Waals surface area (Å²) in [7, 11) is 0. The number of rotatable bonds is 3. The lowest BCUT2D eigenvalue weighted by Crippen LogP contribution is -2.11. The standard InChI is InChI=1S/C9H15ClN2/c1-4-12-9(5-6-11-12)7(2)8(3)10/h5-8H,4H2,1-3H3. The zero-order valence-corrected chi connectivity index (χ0v) is 8.54. The molecule has 0 fully saturated rings. The molecule has 0 saturated carbocycles. The Bertz CT molecular complexity index is 242. The highest BCUT2D eigenvalue weighted by Gasteiger charge is 2.14. The van der Waals surface area contributed by atoms with E-state index in [1.807, 2.05) is 23.9 Å². The van der Waals surface area contributed by atoms with Gasteiger partial charge in [-0.2, -0.15) is 5.10 Å². The Morgan fingerprint density at radius 1 is 1.58 bits per heavy atom. The molecule has 12 heavy (non-hydrogen) atoms. The van der Waals surface area contributed by atoms with Gasteiger partial charge in [0.2, 0.25) is 0 Å². The molecule has 0 radical (unpaired) electrons. The van der Waals surface area contributed by atoms with Gasteiger partial charge in [0.1, 0.15) is 0 Å². The number of halogens is 1. The summed E-state index contributed by atoms with van der Waals surface area (Å²) in [6.45, 7) is 7.14. The maximum Gasteiger partial charge on any atom is 0.0492 e. The summed E-state index contributed by atoms with van der Waals surface area (Å²) in [4.78, 5) is 0. The fourth-order valence-electron chi connectivity index (χ4n) is 1.23. The Labute approximate surface area is 78.5 Å². The van der Waals surface area contributed by atoms with Crippen molar-refractivity contribution in [3.63, 3.8) is 0 Å². The quantitative estimate of drug-likeness (QED) is 0.664. The largest absolute Gasteiger partial charge is 0.270 e. The molecular formula is C9H15ClN2. The van der Waals surface area contributed by atoms with E-state index in [0.29, 0.717) is 5.92 Å². The first-order chi connectivity index (χ1) is 5.66. The lowest BCUT2D eigenvalue weighted by molar-refractivity contribution is 0.576. The minimum absolute atomic E-state index is 0.159. The van der Waals surface area contributed by atoms with Crippen molar-refractivity contribution in [2.24, 2.45) is 0 Å². The van der Waals surface area contributed by atoms with Crippen molar-refractivity contribution in [2.45, 2.75) is 38.6 Å². The molecular weight excluding hydrogens is 172 g/mol. The monoisotopic (exact) mass is 186 g/mol. The van der Waals surface area contributed by atoms with Crippen molar-refractivity contribution < 1.29 is 0 Å². The molecule has 0 aliphatic carbocycles. The van der Waals surface area contributed by atoms with Gasteiger partial charge >= 0.3 is 0 Å². The smallest absolute Gasteiger partial charge is 0.0492 e. The molecule has 68 valence electrons. The predicted molar refractivity (Wildman–Crippen MR) is 51.6 cm³/mol. The summed E-state index contributed by atoms with van der Waals surface area (Å²) >= 11 is 6.01. The van der Waals surface area contributed by atoms with Crippen LogP contribution >= 0.6 is 11.6 Å². The Kier molecular flexibility index (Phi) is 3.15. The number of nitrogens with zero attached hydrogens (tertiary/aromatic N) is 2. The molecule has 2 nitrogen and oxygen atoms in total. The Morgan fingerprint density at radius 3 is 2.75 bits per heavy atom. The van der Waals surface area contributed by atoms with Gasteiger partial charge in [0.05, 0.1) is 0 Å². The molecule has 1 heterocycles. The highest BCUT2D eigenvalue weighted by molar-refractivity contribution is 6.20. The molecule has 0 saturated heterocycles. The van der Waals surface area contributed by atoms with E-state index >= 15 is 0 Å². The number of hydrogen-bond donors (Lipinski definition) is 0. The van der Waals surface area contributed by atoms with Crippen molar-refractivity contribution in [2.75, 3.05) is 0 Å². The molecule has 0 spiro atoms. The molecule has 0 N–H and O–H groups in total. The van der Waals surface area contributed by atoms with Gasteiger partial charge in [-0.1, -0.05) is 6.92 Å². The molecule has 1 rings (SSSR count). The molecule has 0 aliphatic rings. The first-order valence-electron chi connectivity index (χ1n) is 4.32. The molecule has 1 aromatic heterocycles. The molecule has 0 aliphatic heterocycles. The lowest BCUT2D eigenvalue weighted by atomic mass is 10.1. The SMILES string of the molecule is CCn1nccc1C(C)C(C)Cl. The molecule has 2 unspecified atom stereocenters. The average molecular weight is 187 g/mol. The van der Waals surface area contributed by atoms with Crippen LogP contribution in [0.4, 0.5) is 0 Å². The zero-order valence-electron chi connectivity index (χ0n) is 7.79. The van der Waals surface area contributed by atoms with Crippen molar-refractivity contribution in [3.05, 3.63) is 18.0 Å². The topological polar surface area (TPSA) is 17.8 Å². The zero-order chi connectivity index (χ0) is 9.14. The number of hydrogen-bond acceptors (Lipinski definition) is 1. The van der Waals surface area contributed by atoms with E-state index in [1.54, 1.807) is 0 Å². The Morgan fingerprint density at radius 2 is 2.25 bits per heavy atom. The second kappa shape index (κ2) is 3.94. The Hall–Kier alpha value is -0.500. The molecule has 0 bridgehead atoms. The van der Waals surface area contributed by atoms with Gasteiger partial charge in [-0.3, -0.25) is 4.68 Å². The van der Waals surface area contributed by atoms with E-state index in [4.69, 9.17) is 11.6 Å². The third-order valence-corrected chi connectivity index (χ3v) is 2.58. The first kappa shape index (κ1) is 9.59. The van der Waals surface area contributed by atoms with E-state index in [9.17, 15) is 0 Å². The summed E-state index contributed by atoms with van der Waals surface area (Å²) in [5, 5.41) is 4.36. The van der Waals surface area contributed by atoms with Crippen molar-refractivity contribution >= 4 is 11.6 Å². The van der Waals surface area contributed by atoms with Crippen LogP contribution < -0.4 is 0 Å². The summed E-state index contributed by atoms with van der Waals surface area (Å²) in [5.41, 5.74) is 1.22. The number of alkyl halides is 1. The highest BCUT2D eigenvalue weighted by atomic mass is 35.5. The van der Waals surface area contributed by atoms with Crippen LogP contribution in [0.15, 0.2) is 12.3 Å². The van der Waals surface area contributed by atoms with Crippen molar-refractivity contribution in [3.8, 4) is 0 Å². The van der Waals surface area contributed by atoms with E-state index in [0.717, 1.165) is 6.54 Å². The number of aromatic nitrogens is 2. The van der Waals surface area contributed by atoms with Gasteiger partial charge in [-0.15, -0.1) is 11.6 Å². The lowest BCUT2D eigenvalue weighted by Gasteiger charge is -2.14. The van der Waals surface area contributed by atoms with Crippen molar-refractivity contribution in [1.29, 1.82) is 0 Å². The number of aryl methyl sites for hydroxylation is 1. The highest BCUT2D eigenvalue weighted by Crippen LogP contribution is 2.22.